The first-order valence-corrected chi connectivity index (χ1v) is 11.7. The molecule has 0 aliphatic rings. The number of H-pyrrole nitrogens is 1. The number of nitrogens with one attached hydrogen (secondary N) is 2. The van der Waals surface area contributed by atoms with Crippen LogP contribution in [0.4, 0.5) is 4.79 Å². The fourth-order valence-electron chi connectivity index (χ4n) is 3.93. The summed E-state index contributed by atoms with van der Waals surface area (Å²) in [5.41, 5.74) is 2.66. The van der Waals surface area contributed by atoms with E-state index in [9.17, 15) is 14.7 Å². The van der Waals surface area contributed by atoms with Gasteiger partial charge in [-0.1, -0.05) is 48.5 Å². The first-order valence-electron chi connectivity index (χ1n) is 11.7. The van der Waals surface area contributed by atoms with E-state index < -0.39 is 11.6 Å². The van der Waals surface area contributed by atoms with Crippen molar-refractivity contribution in [2.75, 3.05) is 19.6 Å². The molecule has 0 bridgehead atoms. The Morgan fingerprint density at radius 3 is 2.47 bits per heavy atom. The molecule has 1 atom stereocenters. The van der Waals surface area contributed by atoms with E-state index in [0.717, 1.165) is 22.0 Å². The first-order chi connectivity index (χ1) is 16.2. The highest BCUT2D eigenvalue weighted by molar-refractivity contribution is 5.83. The van der Waals surface area contributed by atoms with Gasteiger partial charge in [0.05, 0.1) is 6.42 Å². The lowest BCUT2D eigenvalue weighted by Crippen LogP contribution is -2.44. The van der Waals surface area contributed by atoms with Crippen molar-refractivity contribution in [2.24, 2.45) is 0 Å². The van der Waals surface area contributed by atoms with Crippen LogP contribution in [-0.2, 0) is 22.4 Å². The summed E-state index contributed by atoms with van der Waals surface area (Å²) in [6, 6.07) is 17.7. The molecule has 3 aromatic rings. The zero-order valence-electron chi connectivity index (χ0n) is 20.2. The topological polar surface area (TPSA) is 94.7 Å². The standard InChI is InChI=1S/C27H35N3O4/c1-27(2,3)34-26(33)30(15-13-20-9-5-4-6-10-20)16-14-28-22(18-25(31)32)17-21-19-29-24-12-8-7-11-23(21)24/h4-12,19,22,28-29H,13-18H2,1-3H3,(H,31,32)/t22-/m1/s1. The summed E-state index contributed by atoms with van der Waals surface area (Å²) in [5.74, 6) is -0.856. The Kier molecular flexibility index (Phi) is 8.71. The number of aromatic nitrogens is 1. The molecule has 0 saturated carbocycles. The van der Waals surface area contributed by atoms with E-state index in [1.54, 1.807) is 4.90 Å². The second kappa shape index (κ2) is 11.7. The molecule has 2 aromatic carbocycles. The Balaban J connectivity index is 1.63. The minimum atomic E-state index is -0.856. The Hall–Kier alpha value is -3.32. The Labute approximate surface area is 201 Å². The summed E-state index contributed by atoms with van der Waals surface area (Å²) in [5, 5.41) is 13.9. The molecular weight excluding hydrogens is 430 g/mol. The number of nitrogens with zero attached hydrogens (tertiary/aromatic N) is 1. The summed E-state index contributed by atoms with van der Waals surface area (Å²) in [6.07, 6.45) is 2.86. The van der Waals surface area contributed by atoms with Crippen molar-refractivity contribution in [1.82, 2.24) is 15.2 Å². The van der Waals surface area contributed by atoms with Crippen LogP contribution in [0.25, 0.3) is 10.9 Å². The SMILES string of the molecule is CC(C)(C)OC(=O)N(CCN[C@@H](CC(=O)O)Cc1c[nH]c2ccccc12)CCc1ccccc1. The van der Waals surface area contributed by atoms with E-state index in [4.69, 9.17) is 4.74 Å². The predicted molar refractivity (Wildman–Crippen MR) is 134 cm³/mol. The Morgan fingerprint density at radius 2 is 1.76 bits per heavy atom. The number of benzene rings is 2. The summed E-state index contributed by atoms with van der Waals surface area (Å²) in [6.45, 7) is 6.96. The number of hydrogen-bond acceptors (Lipinski definition) is 4. The van der Waals surface area contributed by atoms with E-state index >= 15 is 0 Å². The third kappa shape index (κ3) is 7.92. The molecule has 0 spiro atoms. The maximum Gasteiger partial charge on any atom is 0.410 e. The molecule has 0 aliphatic carbocycles. The zero-order valence-corrected chi connectivity index (χ0v) is 20.2. The number of aromatic amines is 1. The van der Waals surface area contributed by atoms with Gasteiger partial charge in [0.25, 0.3) is 0 Å². The van der Waals surface area contributed by atoms with Crippen LogP contribution in [0.1, 0.15) is 38.3 Å². The van der Waals surface area contributed by atoms with Crippen molar-refractivity contribution in [1.29, 1.82) is 0 Å². The monoisotopic (exact) mass is 465 g/mol. The zero-order chi connectivity index (χ0) is 24.6. The number of hydrogen-bond donors (Lipinski definition) is 3. The van der Waals surface area contributed by atoms with Crippen molar-refractivity contribution in [2.45, 2.75) is 51.7 Å². The van der Waals surface area contributed by atoms with Gasteiger partial charge in [0.2, 0.25) is 0 Å². The molecule has 34 heavy (non-hydrogen) atoms. The number of amides is 1. The van der Waals surface area contributed by atoms with Gasteiger partial charge < -0.3 is 25.0 Å². The van der Waals surface area contributed by atoms with Crippen molar-refractivity contribution in [3.05, 3.63) is 71.9 Å². The van der Waals surface area contributed by atoms with Crippen LogP contribution in [0.2, 0.25) is 0 Å². The molecule has 1 heterocycles. The van der Waals surface area contributed by atoms with E-state index in [2.05, 4.69) is 10.3 Å². The quantitative estimate of drug-likeness (QED) is 0.384. The molecule has 7 nitrogen and oxygen atoms in total. The number of carbonyl (C=O) groups excluding carboxylic acids is 1. The minimum absolute atomic E-state index is 0.00401. The van der Waals surface area contributed by atoms with Gasteiger partial charge in [-0.25, -0.2) is 4.79 Å². The van der Waals surface area contributed by atoms with E-state index in [1.807, 2.05) is 81.6 Å². The predicted octanol–water partition coefficient (Wildman–Crippen LogP) is 4.62. The summed E-state index contributed by atoms with van der Waals surface area (Å²) < 4.78 is 5.60. The average Bonchev–Trinajstić information content (AvgIpc) is 3.18. The normalized spacial score (nSPS) is 12.4. The lowest BCUT2D eigenvalue weighted by molar-refractivity contribution is -0.137. The number of carboxylic acids is 1. The van der Waals surface area contributed by atoms with Crippen LogP contribution in [0.15, 0.2) is 60.8 Å². The van der Waals surface area contributed by atoms with Crippen LogP contribution < -0.4 is 5.32 Å². The summed E-state index contributed by atoms with van der Waals surface area (Å²) in [4.78, 5) is 29.2. The molecule has 3 rings (SSSR count). The lowest BCUT2D eigenvalue weighted by Gasteiger charge is -2.28. The van der Waals surface area contributed by atoms with Gasteiger partial charge in [-0.15, -0.1) is 0 Å². The highest BCUT2D eigenvalue weighted by Gasteiger charge is 2.23. The minimum Gasteiger partial charge on any atom is -0.481 e. The van der Waals surface area contributed by atoms with Crippen LogP contribution in [0.3, 0.4) is 0 Å². The van der Waals surface area contributed by atoms with Crippen LogP contribution in [-0.4, -0.2) is 58.3 Å². The molecule has 0 saturated heterocycles. The number of carbonyl (C=O) groups is 2. The number of carboxylic acid groups (broad SMARTS) is 1. The van der Waals surface area contributed by atoms with E-state index in [-0.39, 0.29) is 18.6 Å². The van der Waals surface area contributed by atoms with Gasteiger partial charge in [-0.3, -0.25) is 4.79 Å². The number of aliphatic carboxylic acids is 1. The second-order valence-corrected chi connectivity index (χ2v) is 9.52. The maximum atomic E-state index is 12.8. The second-order valence-electron chi connectivity index (χ2n) is 9.52. The van der Waals surface area contributed by atoms with E-state index in [0.29, 0.717) is 32.5 Å². The lowest BCUT2D eigenvalue weighted by atomic mass is 10.0. The van der Waals surface area contributed by atoms with Crippen molar-refractivity contribution in [3.63, 3.8) is 0 Å². The average molecular weight is 466 g/mol. The van der Waals surface area contributed by atoms with Crippen LogP contribution in [0.5, 0.6) is 0 Å². The van der Waals surface area contributed by atoms with Crippen molar-refractivity contribution in [3.8, 4) is 0 Å². The molecule has 1 aromatic heterocycles. The van der Waals surface area contributed by atoms with Crippen LogP contribution in [0, 0.1) is 0 Å². The molecule has 0 fully saturated rings. The Bertz CT molecular complexity index is 1070. The third-order valence-corrected chi connectivity index (χ3v) is 5.54. The van der Waals surface area contributed by atoms with Gasteiger partial charge in [0.15, 0.2) is 0 Å². The smallest absolute Gasteiger partial charge is 0.410 e. The molecule has 1 amide bonds. The highest BCUT2D eigenvalue weighted by atomic mass is 16.6. The molecular formula is C27H35N3O4. The molecule has 0 radical (unpaired) electrons. The summed E-state index contributed by atoms with van der Waals surface area (Å²) in [7, 11) is 0. The molecule has 182 valence electrons. The largest absolute Gasteiger partial charge is 0.481 e. The van der Waals surface area contributed by atoms with Gasteiger partial charge in [0.1, 0.15) is 5.60 Å². The van der Waals surface area contributed by atoms with Crippen molar-refractivity contribution >= 4 is 23.0 Å². The number of rotatable bonds is 11. The molecule has 3 N–H and O–H groups in total. The van der Waals surface area contributed by atoms with Gasteiger partial charge in [-0.05, 0) is 50.8 Å². The molecule has 7 heteroatoms. The third-order valence-electron chi connectivity index (χ3n) is 5.54. The van der Waals surface area contributed by atoms with E-state index in [1.165, 1.54) is 0 Å². The number of ether oxygens (including phenoxy) is 1. The molecule has 0 unspecified atom stereocenters. The van der Waals surface area contributed by atoms with Gasteiger partial charge in [0, 0.05) is 42.8 Å². The fraction of sp³-hybridized carbons (Fsp3) is 0.407. The summed E-state index contributed by atoms with van der Waals surface area (Å²) >= 11 is 0. The van der Waals surface area contributed by atoms with Gasteiger partial charge >= 0.3 is 12.1 Å². The maximum absolute atomic E-state index is 12.8. The first kappa shape index (κ1) is 25.3. The Morgan fingerprint density at radius 1 is 1.06 bits per heavy atom. The van der Waals surface area contributed by atoms with Gasteiger partial charge in [-0.2, -0.15) is 0 Å². The molecule has 0 aliphatic heterocycles. The number of para-hydroxylation sites is 1. The van der Waals surface area contributed by atoms with Crippen molar-refractivity contribution < 1.29 is 19.4 Å². The number of fused-ring (bicyclic) bond motifs is 1. The fourth-order valence-corrected chi connectivity index (χ4v) is 3.93. The van der Waals surface area contributed by atoms with Crippen LogP contribution >= 0.6 is 0 Å². The highest BCUT2D eigenvalue weighted by Crippen LogP contribution is 2.20.